The van der Waals surface area contributed by atoms with Crippen molar-refractivity contribution in [3.63, 3.8) is 0 Å². The van der Waals surface area contributed by atoms with Crippen molar-refractivity contribution < 1.29 is 8.42 Å². The molecular formula is C8H10NO2S. The van der Waals surface area contributed by atoms with Gasteiger partial charge in [0.15, 0.2) is 9.84 Å². The van der Waals surface area contributed by atoms with E-state index in [0.717, 1.165) is 6.26 Å². The fourth-order valence-electron chi connectivity index (χ4n) is 0.962. The molecule has 1 rings (SSSR count). The lowest BCUT2D eigenvalue weighted by Gasteiger charge is -2.03. The molecule has 3 nitrogen and oxygen atoms in total. The second-order valence-corrected chi connectivity index (χ2v) is 4.45. The first-order chi connectivity index (χ1) is 5.55. The Hall–Kier alpha value is -0.870. The summed E-state index contributed by atoms with van der Waals surface area (Å²) in [5.41, 5.74) is 5.97. The third kappa shape index (κ3) is 1.84. The monoisotopic (exact) mass is 184 g/mol. The molecule has 0 aliphatic heterocycles. The largest absolute Gasteiger partial charge is 0.326 e. The first-order valence-corrected chi connectivity index (χ1v) is 5.34. The van der Waals surface area contributed by atoms with Gasteiger partial charge >= 0.3 is 0 Å². The molecule has 0 amide bonds. The summed E-state index contributed by atoms with van der Waals surface area (Å²) in [4.78, 5) is 0.201. The number of nitrogens with two attached hydrogens (primary N) is 1. The lowest BCUT2D eigenvalue weighted by molar-refractivity contribution is 0.600. The highest BCUT2D eigenvalue weighted by molar-refractivity contribution is 7.90. The van der Waals surface area contributed by atoms with E-state index in [-0.39, 0.29) is 11.4 Å². The molecule has 0 spiro atoms. The van der Waals surface area contributed by atoms with E-state index in [1.54, 1.807) is 18.2 Å². The molecule has 0 saturated carbocycles. The van der Waals surface area contributed by atoms with Gasteiger partial charge in [-0.3, -0.25) is 0 Å². The molecule has 0 unspecified atom stereocenters. The van der Waals surface area contributed by atoms with Gasteiger partial charge in [0.2, 0.25) is 0 Å². The van der Waals surface area contributed by atoms with E-state index >= 15 is 0 Å². The SMILES string of the molecule is CS(=O)(=O)c1[c]cccc1CN. The summed E-state index contributed by atoms with van der Waals surface area (Å²) in [6.07, 6.45) is 1.15. The van der Waals surface area contributed by atoms with Crippen LogP contribution in [0.2, 0.25) is 0 Å². The van der Waals surface area contributed by atoms with Gasteiger partial charge in [0, 0.05) is 18.9 Å². The van der Waals surface area contributed by atoms with Crippen LogP contribution in [0, 0.1) is 6.07 Å². The van der Waals surface area contributed by atoms with E-state index in [4.69, 9.17) is 5.73 Å². The van der Waals surface area contributed by atoms with Gasteiger partial charge in [-0.25, -0.2) is 8.42 Å². The zero-order valence-corrected chi connectivity index (χ0v) is 7.56. The molecule has 1 aromatic carbocycles. The maximum atomic E-state index is 11.1. The second kappa shape index (κ2) is 3.25. The molecule has 0 heterocycles. The van der Waals surface area contributed by atoms with Crippen molar-refractivity contribution in [2.45, 2.75) is 11.4 Å². The van der Waals surface area contributed by atoms with Crippen molar-refractivity contribution >= 4 is 9.84 Å². The maximum absolute atomic E-state index is 11.1. The van der Waals surface area contributed by atoms with Crippen molar-refractivity contribution in [3.8, 4) is 0 Å². The summed E-state index contributed by atoms with van der Waals surface area (Å²) in [7, 11) is -3.18. The van der Waals surface area contributed by atoms with E-state index in [2.05, 4.69) is 6.07 Å². The van der Waals surface area contributed by atoms with Gasteiger partial charge in [0.1, 0.15) is 0 Å². The molecule has 0 aliphatic rings. The van der Waals surface area contributed by atoms with Crippen LogP contribution in [0.5, 0.6) is 0 Å². The van der Waals surface area contributed by atoms with E-state index in [1.807, 2.05) is 0 Å². The summed E-state index contributed by atoms with van der Waals surface area (Å²) in [5.74, 6) is 0. The molecule has 0 bridgehead atoms. The molecule has 0 atom stereocenters. The highest BCUT2D eigenvalue weighted by atomic mass is 32.2. The van der Waals surface area contributed by atoms with Gasteiger partial charge < -0.3 is 5.73 Å². The Kier molecular flexibility index (Phi) is 2.49. The molecule has 12 heavy (non-hydrogen) atoms. The van der Waals surface area contributed by atoms with Crippen molar-refractivity contribution in [3.05, 3.63) is 29.8 Å². The van der Waals surface area contributed by atoms with Gasteiger partial charge in [-0.15, -0.1) is 0 Å². The smallest absolute Gasteiger partial charge is 0.176 e. The number of rotatable bonds is 2. The fourth-order valence-corrected chi connectivity index (χ4v) is 1.87. The zero-order chi connectivity index (χ0) is 9.19. The Balaban J connectivity index is 3.33. The third-order valence-corrected chi connectivity index (χ3v) is 2.61. The average Bonchev–Trinajstić information content (AvgIpc) is 2.03. The number of sulfone groups is 1. The molecule has 4 heteroatoms. The Morgan fingerprint density at radius 3 is 2.67 bits per heavy atom. The van der Waals surface area contributed by atoms with Crippen LogP contribution in [0.4, 0.5) is 0 Å². The molecule has 0 aliphatic carbocycles. The summed E-state index contributed by atoms with van der Waals surface area (Å²) in [6.45, 7) is 0.222. The Morgan fingerprint density at radius 1 is 1.58 bits per heavy atom. The quantitative estimate of drug-likeness (QED) is 0.721. The van der Waals surface area contributed by atoms with E-state index in [1.165, 1.54) is 0 Å². The number of benzene rings is 1. The molecule has 65 valence electrons. The van der Waals surface area contributed by atoms with E-state index in [0.29, 0.717) is 5.56 Å². The molecule has 1 radical (unpaired) electrons. The van der Waals surface area contributed by atoms with E-state index < -0.39 is 9.84 Å². The molecule has 1 aromatic rings. The van der Waals surface area contributed by atoms with Crippen LogP contribution in [0.1, 0.15) is 5.56 Å². The van der Waals surface area contributed by atoms with Gasteiger partial charge in [0.05, 0.1) is 4.90 Å². The zero-order valence-electron chi connectivity index (χ0n) is 6.74. The van der Waals surface area contributed by atoms with Crippen LogP contribution in [0.25, 0.3) is 0 Å². The third-order valence-electron chi connectivity index (χ3n) is 1.49. The Labute approximate surface area is 72.1 Å². The number of hydrogen-bond acceptors (Lipinski definition) is 3. The van der Waals surface area contributed by atoms with Crippen LogP contribution in [0.15, 0.2) is 23.1 Å². The standard InChI is InChI=1S/C8H10NO2S/c1-12(10,11)8-5-3-2-4-7(8)6-9/h2-4H,6,9H2,1H3. The lowest BCUT2D eigenvalue weighted by Crippen LogP contribution is -2.06. The van der Waals surface area contributed by atoms with E-state index in [9.17, 15) is 8.42 Å². The predicted molar refractivity (Wildman–Crippen MR) is 46.3 cm³/mol. The first kappa shape index (κ1) is 9.22. The summed E-state index contributed by atoms with van der Waals surface area (Å²) in [5, 5.41) is 0. The molecular weight excluding hydrogens is 174 g/mol. The highest BCUT2D eigenvalue weighted by Gasteiger charge is 2.10. The first-order valence-electron chi connectivity index (χ1n) is 3.45. The average molecular weight is 184 g/mol. The predicted octanol–water partition coefficient (Wildman–Crippen LogP) is 0.349. The van der Waals surface area contributed by atoms with Gasteiger partial charge in [-0.1, -0.05) is 18.2 Å². The fraction of sp³-hybridized carbons (Fsp3) is 0.250. The van der Waals surface area contributed by atoms with Crippen LogP contribution in [0.3, 0.4) is 0 Å². The molecule has 0 aromatic heterocycles. The van der Waals surface area contributed by atoms with Crippen molar-refractivity contribution in [1.29, 1.82) is 0 Å². The van der Waals surface area contributed by atoms with Crippen LogP contribution in [-0.2, 0) is 16.4 Å². The van der Waals surface area contributed by atoms with Crippen LogP contribution in [-0.4, -0.2) is 14.7 Å². The number of hydrogen-bond donors (Lipinski definition) is 1. The Morgan fingerprint density at radius 2 is 2.25 bits per heavy atom. The minimum atomic E-state index is -3.18. The van der Waals surface area contributed by atoms with Crippen LogP contribution < -0.4 is 5.73 Å². The van der Waals surface area contributed by atoms with Gasteiger partial charge in [-0.05, 0) is 5.56 Å². The van der Waals surface area contributed by atoms with Crippen molar-refractivity contribution in [1.82, 2.24) is 0 Å². The maximum Gasteiger partial charge on any atom is 0.176 e. The van der Waals surface area contributed by atoms with Crippen molar-refractivity contribution in [2.75, 3.05) is 6.26 Å². The van der Waals surface area contributed by atoms with Gasteiger partial charge in [0.25, 0.3) is 0 Å². The summed E-state index contributed by atoms with van der Waals surface area (Å²) in [6, 6.07) is 7.63. The summed E-state index contributed by atoms with van der Waals surface area (Å²) >= 11 is 0. The topological polar surface area (TPSA) is 60.2 Å². The van der Waals surface area contributed by atoms with Crippen LogP contribution >= 0.6 is 0 Å². The Bertz CT molecular complexity index is 370. The summed E-state index contributed by atoms with van der Waals surface area (Å²) < 4.78 is 22.3. The minimum Gasteiger partial charge on any atom is -0.326 e. The molecule has 0 saturated heterocycles. The second-order valence-electron chi connectivity index (χ2n) is 2.50. The molecule has 0 fully saturated rings. The molecule has 2 N–H and O–H groups in total. The van der Waals surface area contributed by atoms with Gasteiger partial charge in [-0.2, -0.15) is 0 Å². The highest BCUT2D eigenvalue weighted by Crippen LogP contribution is 2.13. The van der Waals surface area contributed by atoms with Crippen molar-refractivity contribution in [2.24, 2.45) is 5.73 Å². The minimum absolute atomic E-state index is 0.201. The normalized spacial score (nSPS) is 11.5. The lowest BCUT2D eigenvalue weighted by atomic mass is 10.2.